The molecule has 0 aliphatic carbocycles. The molecule has 4 N–H and O–H groups in total. The Kier molecular flexibility index (Phi) is 6.14. The topological polar surface area (TPSA) is 98.1 Å². The van der Waals surface area contributed by atoms with E-state index in [9.17, 15) is 9.90 Å². The number of carbonyl (C=O) groups is 1. The molecule has 2 rings (SSSR count). The van der Waals surface area contributed by atoms with E-state index in [1.807, 2.05) is 6.92 Å². The molecule has 2 unspecified atom stereocenters. The van der Waals surface area contributed by atoms with Crippen molar-refractivity contribution in [3.05, 3.63) is 23.9 Å². The molecule has 2 atom stereocenters. The quantitative estimate of drug-likeness (QED) is 0.550. The molecule has 0 radical (unpaired) electrons. The van der Waals surface area contributed by atoms with Crippen LogP contribution in [0.4, 0.5) is 0 Å². The van der Waals surface area contributed by atoms with Crippen molar-refractivity contribution in [1.82, 2.24) is 16.1 Å². The lowest BCUT2D eigenvalue weighted by Crippen LogP contribution is -2.31. The molecule has 7 nitrogen and oxygen atoms in total. The Labute approximate surface area is 130 Å². The summed E-state index contributed by atoms with van der Waals surface area (Å²) in [6.45, 7) is 3.19. The lowest BCUT2D eigenvalue weighted by molar-refractivity contribution is -0.115. The molecule has 7 heteroatoms. The number of amides is 1. The summed E-state index contributed by atoms with van der Waals surface area (Å²) in [5, 5.41) is 19.7. The van der Waals surface area contributed by atoms with Crippen molar-refractivity contribution in [1.29, 1.82) is 0 Å². The van der Waals surface area contributed by atoms with Gasteiger partial charge in [-0.2, -0.15) is 5.10 Å². The van der Waals surface area contributed by atoms with Gasteiger partial charge in [-0.25, -0.2) is 0 Å². The number of rotatable bonds is 1. The summed E-state index contributed by atoms with van der Waals surface area (Å²) in [5.74, 6) is 0.399. The van der Waals surface area contributed by atoms with E-state index in [1.165, 1.54) is 0 Å². The zero-order valence-corrected chi connectivity index (χ0v) is 12.7. The number of allylic oxidation sites excluding steroid dienone is 2. The van der Waals surface area contributed by atoms with Crippen LogP contribution in [0.3, 0.4) is 0 Å². The van der Waals surface area contributed by atoms with Gasteiger partial charge in [0.25, 0.3) is 5.91 Å². The Morgan fingerprint density at radius 2 is 2.32 bits per heavy atom. The van der Waals surface area contributed by atoms with Gasteiger partial charge in [0.2, 0.25) is 0 Å². The van der Waals surface area contributed by atoms with Gasteiger partial charge in [0.05, 0.1) is 11.7 Å². The van der Waals surface area contributed by atoms with E-state index in [1.54, 1.807) is 24.6 Å². The van der Waals surface area contributed by atoms with E-state index in [2.05, 4.69) is 26.2 Å². The Morgan fingerprint density at radius 3 is 3.09 bits per heavy atom. The second-order valence-corrected chi connectivity index (χ2v) is 5.45. The molecule has 22 heavy (non-hydrogen) atoms. The van der Waals surface area contributed by atoms with Gasteiger partial charge < -0.3 is 21.2 Å². The van der Waals surface area contributed by atoms with Gasteiger partial charge in [0.1, 0.15) is 5.84 Å². The maximum absolute atomic E-state index is 12.3. The minimum absolute atomic E-state index is 0.236. The van der Waals surface area contributed by atoms with Crippen LogP contribution >= 0.6 is 0 Å². The number of hydrazone groups is 1. The first-order chi connectivity index (χ1) is 10.6. The van der Waals surface area contributed by atoms with Gasteiger partial charge >= 0.3 is 0 Å². The second-order valence-electron chi connectivity index (χ2n) is 5.45. The highest BCUT2D eigenvalue weighted by molar-refractivity contribution is 6.17. The van der Waals surface area contributed by atoms with Gasteiger partial charge in [-0.3, -0.25) is 9.79 Å². The van der Waals surface area contributed by atoms with E-state index in [0.717, 1.165) is 0 Å². The number of aliphatic hydroxyl groups is 1. The summed E-state index contributed by atoms with van der Waals surface area (Å²) in [7, 11) is 0. The van der Waals surface area contributed by atoms with Crippen molar-refractivity contribution in [3.63, 3.8) is 0 Å². The number of amidine groups is 1. The molecule has 120 valence electrons. The zero-order valence-electron chi connectivity index (χ0n) is 12.7. The smallest absolute Gasteiger partial charge is 0.258 e. The van der Waals surface area contributed by atoms with Crippen LogP contribution in [0, 0.1) is 0 Å². The summed E-state index contributed by atoms with van der Waals surface area (Å²) in [6, 6.07) is 0.236. The van der Waals surface area contributed by atoms with E-state index >= 15 is 0 Å². The molecule has 1 amide bonds. The normalized spacial score (nSPS) is 29.7. The summed E-state index contributed by atoms with van der Waals surface area (Å²) in [6.07, 6.45) is 8.35. The Balaban J connectivity index is 2.00. The molecule has 0 bridgehead atoms. The van der Waals surface area contributed by atoms with Crippen LogP contribution in [0.15, 0.2) is 34.0 Å². The molecule has 0 fully saturated rings. The first-order valence-electron chi connectivity index (χ1n) is 7.56. The molecule has 0 aromatic carbocycles. The number of nitrogens with one attached hydrogen (secondary N) is 3. The van der Waals surface area contributed by atoms with Crippen LogP contribution < -0.4 is 16.1 Å². The minimum Gasteiger partial charge on any atom is -0.393 e. The van der Waals surface area contributed by atoms with Crippen molar-refractivity contribution >= 4 is 18.0 Å². The lowest BCUT2D eigenvalue weighted by Gasteiger charge is -2.09. The first-order valence-corrected chi connectivity index (χ1v) is 7.56. The van der Waals surface area contributed by atoms with Crippen LogP contribution in [0.2, 0.25) is 0 Å². The highest BCUT2D eigenvalue weighted by atomic mass is 16.3. The van der Waals surface area contributed by atoms with Crippen molar-refractivity contribution in [2.75, 3.05) is 13.1 Å². The number of hydrogen-bond donors (Lipinski definition) is 4. The largest absolute Gasteiger partial charge is 0.393 e. The third-order valence-corrected chi connectivity index (χ3v) is 3.37. The van der Waals surface area contributed by atoms with E-state index < -0.39 is 0 Å². The Bertz CT molecular complexity index is 510. The molecule has 2 aliphatic rings. The van der Waals surface area contributed by atoms with Crippen molar-refractivity contribution in [2.24, 2.45) is 10.1 Å². The van der Waals surface area contributed by atoms with Crippen LogP contribution in [0.25, 0.3) is 0 Å². The van der Waals surface area contributed by atoms with Gasteiger partial charge in [0.15, 0.2) is 0 Å². The van der Waals surface area contributed by atoms with E-state index in [-0.39, 0.29) is 18.1 Å². The fraction of sp³-hybridized carbons (Fsp3) is 0.533. The van der Waals surface area contributed by atoms with E-state index in [0.29, 0.717) is 43.8 Å². The van der Waals surface area contributed by atoms with Crippen molar-refractivity contribution in [3.8, 4) is 0 Å². The fourth-order valence-electron chi connectivity index (χ4n) is 2.11. The first kappa shape index (κ1) is 16.2. The van der Waals surface area contributed by atoms with Crippen molar-refractivity contribution in [2.45, 2.75) is 38.3 Å². The average Bonchev–Trinajstić information content (AvgIpc) is 2.87. The maximum Gasteiger partial charge on any atom is 0.258 e. The number of nitrogens with zero attached hydrogens (tertiary/aromatic N) is 2. The summed E-state index contributed by atoms with van der Waals surface area (Å²) in [4.78, 5) is 16.5. The molecule has 2 aliphatic heterocycles. The third kappa shape index (κ3) is 5.33. The molecular weight excluding hydrogens is 282 g/mol. The highest BCUT2D eigenvalue weighted by Gasteiger charge is 2.17. The van der Waals surface area contributed by atoms with Crippen LogP contribution in [0.1, 0.15) is 26.2 Å². The molecule has 0 saturated carbocycles. The number of carbonyl (C=O) groups excluding carboxylic acids is 1. The molecule has 0 spiro atoms. The third-order valence-electron chi connectivity index (χ3n) is 3.37. The number of aliphatic hydroxyl groups excluding tert-OH is 1. The molecule has 0 saturated heterocycles. The fourth-order valence-corrected chi connectivity index (χ4v) is 2.11. The average molecular weight is 305 g/mol. The standard InChI is InChI=1S/C15H23N5O2/c1-11-9-14(20-19-11)18-15(22)12-3-2-6-16-7-4-13(21)5-8-17-10-12/h2-3,6,10-11,13,16,19,21H,4-5,7-9H2,1H3,(H,18,20,22)/b6-2+,12-3+,17-10?. The van der Waals surface area contributed by atoms with Gasteiger partial charge in [-0.05, 0) is 38.1 Å². The van der Waals surface area contributed by atoms with E-state index in [4.69, 9.17) is 0 Å². The highest BCUT2D eigenvalue weighted by Crippen LogP contribution is 2.03. The molecule has 0 aromatic rings. The van der Waals surface area contributed by atoms with Crippen LogP contribution in [-0.4, -0.2) is 48.3 Å². The SMILES string of the molecule is CC1CC(NC(=O)/C2=C/C=C/NCCC(O)CCN=C2)=NN1. The maximum atomic E-state index is 12.3. The van der Waals surface area contributed by atoms with Crippen LogP contribution in [0.5, 0.6) is 0 Å². The summed E-state index contributed by atoms with van der Waals surface area (Å²) in [5.41, 5.74) is 3.36. The monoisotopic (exact) mass is 305 g/mol. The minimum atomic E-state index is -0.376. The Hall–Kier alpha value is -2.15. The van der Waals surface area contributed by atoms with Gasteiger partial charge in [0, 0.05) is 31.8 Å². The molecule has 2 heterocycles. The lowest BCUT2D eigenvalue weighted by atomic mass is 10.2. The second kappa shape index (κ2) is 8.33. The van der Waals surface area contributed by atoms with Gasteiger partial charge in [-0.15, -0.1) is 0 Å². The Morgan fingerprint density at radius 1 is 1.45 bits per heavy atom. The van der Waals surface area contributed by atoms with Crippen molar-refractivity contribution < 1.29 is 9.90 Å². The molecular formula is C15H23N5O2. The number of hydrogen-bond acceptors (Lipinski definition) is 6. The van der Waals surface area contributed by atoms with Gasteiger partial charge in [-0.1, -0.05) is 0 Å². The molecule has 0 aromatic heterocycles. The summed E-state index contributed by atoms with van der Waals surface area (Å²) >= 11 is 0. The number of aliphatic imine (C=N–C) groups is 1. The summed E-state index contributed by atoms with van der Waals surface area (Å²) < 4.78 is 0. The zero-order chi connectivity index (χ0) is 15.8. The van der Waals surface area contributed by atoms with Crippen LogP contribution in [-0.2, 0) is 4.79 Å². The predicted molar refractivity (Wildman–Crippen MR) is 86.6 cm³/mol. The predicted octanol–water partition coefficient (Wildman–Crippen LogP) is 0.0531.